The molecule has 0 amide bonds. The summed E-state index contributed by atoms with van der Waals surface area (Å²) in [4.78, 5) is 63.1. The highest BCUT2D eigenvalue weighted by Crippen LogP contribution is 2.34. The molecule has 0 aliphatic carbocycles. The van der Waals surface area contributed by atoms with Crippen LogP contribution in [0.25, 0.3) is 0 Å². The van der Waals surface area contributed by atoms with Gasteiger partial charge in [0.25, 0.3) is 5.09 Å². The Morgan fingerprint density at radius 2 is 1.65 bits per heavy atom. The summed E-state index contributed by atoms with van der Waals surface area (Å²) in [5.74, 6) is -4.47. The van der Waals surface area contributed by atoms with E-state index in [1.54, 1.807) is 0 Å². The SMILES string of the molecule is CC(=O)Oc1ccccc1C(=O)OCOC(=O)c1ccc(OCCCO[N+](=O)[O-])c(O)c1C(=O)[C@H](C)N. The Kier molecular flexibility index (Phi) is 10.3. The van der Waals surface area contributed by atoms with Crippen LogP contribution in [0.15, 0.2) is 36.4 Å². The topological polar surface area (TPSA) is 204 Å². The van der Waals surface area contributed by atoms with E-state index in [4.69, 9.17) is 24.7 Å². The second-order valence-corrected chi connectivity index (χ2v) is 7.32. The van der Waals surface area contributed by atoms with Crippen molar-refractivity contribution in [2.75, 3.05) is 20.0 Å². The molecule has 2 aromatic rings. The molecule has 37 heavy (non-hydrogen) atoms. The number of ketones is 1. The van der Waals surface area contributed by atoms with Crippen LogP contribution in [-0.4, -0.2) is 59.9 Å². The second-order valence-electron chi connectivity index (χ2n) is 7.32. The lowest BCUT2D eigenvalue weighted by Crippen LogP contribution is -2.29. The van der Waals surface area contributed by atoms with E-state index in [1.807, 2.05) is 0 Å². The molecule has 0 aromatic heterocycles. The number of esters is 3. The number of phenols is 1. The smallest absolute Gasteiger partial charge is 0.344 e. The summed E-state index contributed by atoms with van der Waals surface area (Å²) in [6.45, 7) is 1.26. The molecule has 198 valence electrons. The number of nitrogens with two attached hydrogens (primary N) is 1. The van der Waals surface area contributed by atoms with Gasteiger partial charge in [0.2, 0.25) is 6.79 Å². The summed E-state index contributed by atoms with van der Waals surface area (Å²) in [6, 6.07) is 6.95. The number of ether oxygens (including phenoxy) is 4. The van der Waals surface area contributed by atoms with Crippen LogP contribution in [0.5, 0.6) is 17.2 Å². The van der Waals surface area contributed by atoms with Crippen LogP contribution in [0.4, 0.5) is 0 Å². The fourth-order valence-electron chi connectivity index (χ4n) is 2.89. The first-order chi connectivity index (χ1) is 17.5. The third-order valence-corrected chi connectivity index (χ3v) is 4.50. The van der Waals surface area contributed by atoms with Crippen molar-refractivity contribution in [3.63, 3.8) is 0 Å². The van der Waals surface area contributed by atoms with Gasteiger partial charge in [0, 0.05) is 13.3 Å². The van der Waals surface area contributed by atoms with Crippen molar-refractivity contribution >= 4 is 23.7 Å². The molecule has 0 aliphatic heterocycles. The van der Waals surface area contributed by atoms with E-state index >= 15 is 0 Å². The number of rotatable bonds is 13. The van der Waals surface area contributed by atoms with Gasteiger partial charge >= 0.3 is 17.9 Å². The van der Waals surface area contributed by atoms with Crippen LogP contribution in [-0.2, 0) is 19.1 Å². The van der Waals surface area contributed by atoms with Crippen LogP contribution in [0, 0.1) is 10.1 Å². The lowest BCUT2D eigenvalue weighted by atomic mass is 9.98. The van der Waals surface area contributed by atoms with E-state index in [9.17, 15) is 34.4 Å². The standard InChI is InChI=1S/C23H24N2O12/c1-13(24)20(27)19-16(8-9-18(21(19)28)33-10-5-11-36-25(31)32)23(30)35-12-34-22(29)15-6-3-4-7-17(15)37-14(2)26/h3-4,6-9,13,28H,5,10-12,24H2,1-2H3/t13-/m0/s1. The lowest BCUT2D eigenvalue weighted by molar-refractivity contribution is -0.757. The summed E-state index contributed by atoms with van der Waals surface area (Å²) in [5, 5.41) is 19.8. The number of carbonyl (C=O) groups is 4. The second kappa shape index (κ2) is 13.4. The Labute approximate surface area is 209 Å². The van der Waals surface area contributed by atoms with Crippen molar-refractivity contribution in [1.82, 2.24) is 0 Å². The van der Waals surface area contributed by atoms with Gasteiger partial charge in [0.05, 0.1) is 30.4 Å². The quantitative estimate of drug-likeness (QED) is 0.0736. The number of hydrogen-bond acceptors (Lipinski definition) is 13. The monoisotopic (exact) mass is 520 g/mol. The lowest BCUT2D eigenvalue weighted by Gasteiger charge is -2.16. The third kappa shape index (κ3) is 8.17. The van der Waals surface area contributed by atoms with Crippen LogP contribution < -0.4 is 15.2 Å². The van der Waals surface area contributed by atoms with Crippen molar-refractivity contribution in [1.29, 1.82) is 0 Å². The number of nitrogens with zero attached hydrogens (tertiary/aromatic N) is 1. The fourth-order valence-corrected chi connectivity index (χ4v) is 2.89. The van der Waals surface area contributed by atoms with E-state index in [-0.39, 0.29) is 42.3 Å². The van der Waals surface area contributed by atoms with Gasteiger partial charge in [-0.05, 0) is 31.2 Å². The molecule has 0 bridgehead atoms. The number of hydrogen-bond donors (Lipinski definition) is 2. The molecule has 0 fully saturated rings. The average Bonchev–Trinajstić information content (AvgIpc) is 2.83. The zero-order valence-corrected chi connectivity index (χ0v) is 19.8. The molecule has 14 heteroatoms. The minimum Gasteiger partial charge on any atom is -0.504 e. The molecule has 0 saturated heterocycles. The van der Waals surface area contributed by atoms with Crippen LogP contribution >= 0.6 is 0 Å². The highest BCUT2D eigenvalue weighted by molar-refractivity contribution is 6.10. The van der Waals surface area contributed by atoms with E-state index < -0.39 is 52.9 Å². The first-order valence-electron chi connectivity index (χ1n) is 10.7. The summed E-state index contributed by atoms with van der Waals surface area (Å²) < 4.78 is 20.1. The molecule has 0 unspecified atom stereocenters. The first kappa shape index (κ1) is 28.5. The Morgan fingerprint density at radius 1 is 1.00 bits per heavy atom. The molecule has 0 radical (unpaired) electrons. The van der Waals surface area contributed by atoms with Gasteiger partial charge in [-0.25, -0.2) is 9.59 Å². The van der Waals surface area contributed by atoms with Gasteiger partial charge in [-0.3, -0.25) is 9.59 Å². The summed E-state index contributed by atoms with van der Waals surface area (Å²) in [6.07, 6.45) is 0.0900. The third-order valence-electron chi connectivity index (χ3n) is 4.50. The largest absolute Gasteiger partial charge is 0.504 e. The maximum Gasteiger partial charge on any atom is 0.344 e. The van der Waals surface area contributed by atoms with E-state index in [0.29, 0.717) is 0 Å². The molecule has 2 aromatic carbocycles. The van der Waals surface area contributed by atoms with E-state index in [1.165, 1.54) is 37.3 Å². The van der Waals surface area contributed by atoms with Gasteiger partial charge in [-0.1, -0.05) is 12.1 Å². The summed E-state index contributed by atoms with van der Waals surface area (Å²) in [7, 11) is 0. The van der Waals surface area contributed by atoms with Gasteiger partial charge in [0.15, 0.2) is 17.3 Å². The van der Waals surface area contributed by atoms with E-state index in [2.05, 4.69) is 4.84 Å². The Hall–Kier alpha value is -4.72. The zero-order valence-electron chi connectivity index (χ0n) is 19.8. The maximum absolute atomic E-state index is 12.6. The van der Waals surface area contributed by atoms with Crippen LogP contribution in [0.1, 0.15) is 51.3 Å². The molecular weight excluding hydrogens is 496 g/mol. The number of para-hydroxylation sites is 1. The Morgan fingerprint density at radius 3 is 2.27 bits per heavy atom. The van der Waals surface area contributed by atoms with Crippen molar-refractivity contribution < 1.29 is 53.2 Å². The fraction of sp³-hybridized carbons (Fsp3) is 0.304. The van der Waals surface area contributed by atoms with Crippen molar-refractivity contribution in [3.05, 3.63) is 63.2 Å². The van der Waals surface area contributed by atoms with Gasteiger partial charge in [0.1, 0.15) is 11.3 Å². The molecule has 2 rings (SSSR count). The Balaban J connectivity index is 2.12. The highest BCUT2D eigenvalue weighted by atomic mass is 16.9. The van der Waals surface area contributed by atoms with Crippen molar-refractivity contribution in [2.45, 2.75) is 26.3 Å². The number of Topliss-reactive ketones (excluding diaryl/α,β-unsaturated/α-hetero) is 1. The van der Waals surface area contributed by atoms with E-state index in [0.717, 1.165) is 13.0 Å². The Bertz CT molecular complexity index is 1180. The molecule has 1 atom stereocenters. The molecule has 0 saturated carbocycles. The number of phenolic OH excluding ortho intramolecular Hbond substituents is 1. The minimum absolute atomic E-state index is 0.0541. The average molecular weight is 520 g/mol. The van der Waals surface area contributed by atoms with Crippen LogP contribution in [0.3, 0.4) is 0 Å². The van der Waals surface area contributed by atoms with Crippen LogP contribution in [0.2, 0.25) is 0 Å². The normalized spacial score (nSPS) is 11.1. The first-order valence-corrected chi connectivity index (χ1v) is 10.7. The van der Waals surface area contributed by atoms with Crippen molar-refractivity contribution in [3.8, 4) is 17.2 Å². The summed E-state index contributed by atoms with van der Waals surface area (Å²) >= 11 is 0. The molecule has 0 spiro atoms. The predicted octanol–water partition coefficient (Wildman–Crippen LogP) is 1.80. The molecule has 0 heterocycles. The van der Waals surface area contributed by atoms with Gasteiger partial charge in [-0.15, -0.1) is 10.1 Å². The minimum atomic E-state index is -1.12. The van der Waals surface area contributed by atoms with Crippen molar-refractivity contribution in [2.24, 2.45) is 5.73 Å². The molecule has 0 aliphatic rings. The number of carbonyl (C=O) groups excluding carboxylic acids is 4. The van der Waals surface area contributed by atoms with Gasteiger partial charge in [-0.2, -0.15) is 0 Å². The number of aromatic hydroxyl groups is 1. The summed E-state index contributed by atoms with van der Waals surface area (Å²) in [5.41, 5.74) is 4.69. The zero-order chi connectivity index (χ0) is 27.5. The maximum atomic E-state index is 12.6. The highest BCUT2D eigenvalue weighted by Gasteiger charge is 2.27. The molecule has 3 N–H and O–H groups in total. The molecular formula is C23H24N2O12. The number of benzene rings is 2. The predicted molar refractivity (Wildman–Crippen MR) is 123 cm³/mol. The van der Waals surface area contributed by atoms with Gasteiger partial charge < -0.3 is 34.6 Å². The molecule has 14 nitrogen and oxygen atoms in total.